The van der Waals surface area contributed by atoms with E-state index in [0.717, 1.165) is 17.7 Å². The number of nitrogens with zero attached hydrogens (tertiary/aromatic N) is 2. The Balaban J connectivity index is 1.70. The number of piperazine rings is 1. The van der Waals surface area contributed by atoms with Crippen molar-refractivity contribution in [1.29, 1.82) is 0 Å². The molecule has 0 N–H and O–H groups in total. The molecular formula is C21H24F2N2O3S. The van der Waals surface area contributed by atoms with Crippen LogP contribution in [-0.4, -0.2) is 49.7 Å². The number of hydrogen-bond donors (Lipinski definition) is 0. The van der Waals surface area contributed by atoms with Gasteiger partial charge < -0.3 is 4.90 Å². The lowest BCUT2D eigenvalue weighted by Gasteiger charge is -2.34. The Kier molecular flexibility index (Phi) is 5.78. The number of carbonyl (C=O) groups is 1. The molecule has 1 saturated heterocycles. The zero-order chi connectivity index (χ0) is 21.4. The molecule has 1 aliphatic heterocycles. The predicted octanol–water partition coefficient (Wildman–Crippen LogP) is 3.41. The Hall–Kier alpha value is -2.32. The van der Waals surface area contributed by atoms with Crippen LogP contribution in [0.1, 0.15) is 36.7 Å². The lowest BCUT2D eigenvalue weighted by molar-refractivity contribution is 0.0697. The summed E-state index contributed by atoms with van der Waals surface area (Å²) in [6, 6.07) is 9.48. The maximum atomic E-state index is 13.4. The van der Waals surface area contributed by atoms with Gasteiger partial charge in [0.15, 0.2) is 0 Å². The highest BCUT2D eigenvalue weighted by Crippen LogP contribution is 2.25. The second kappa shape index (κ2) is 7.84. The van der Waals surface area contributed by atoms with Gasteiger partial charge in [-0.1, -0.05) is 32.9 Å². The third-order valence-electron chi connectivity index (χ3n) is 4.99. The molecule has 0 aromatic heterocycles. The van der Waals surface area contributed by atoms with E-state index >= 15 is 0 Å². The van der Waals surface area contributed by atoms with Crippen LogP contribution in [0, 0.1) is 11.6 Å². The van der Waals surface area contributed by atoms with Gasteiger partial charge in [-0.05, 0) is 35.2 Å². The minimum atomic E-state index is -3.68. The third kappa shape index (κ3) is 4.64. The summed E-state index contributed by atoms with van der Waals surface area (Å²) < 4.78 is 53.9. The molecule has 0 saturated carbocycles. The molecule has 5 nitrogen and oxygen atoms in total. The van der Waals surface area contributed by atoms with Gasteiger partial charge in [-0.3, -0.25) is 4.79 Å². The molecule has 1 aliphatic rings. The fraction of sp³-hybridized carbons (Fsp3) is 0.381. The van der Waals surface area contributed by atoms with Crippen LogP contribution >= 0.6 is 0 Å². The number of halogens is 2. The van der Waals surface area contributed by atoms with E-state index in [2.05, 4.69) is 20.8 Å². The second-order valence-corrected chi connectivity index (χ2v) is 10.1. The van der Waals surface area contributed by atoms with Crippen molar-refractivity contribution in [1.82, 2.24) is 9.21 Å². The van der Waals surface area contributed by atoms with E-state index in [0.29, 0.717) is 6.07 Å². The molecule has 8 heteroatoms. The topological polar surface area (TPSA) is 57.7 Å². The molecule has 2 aromatic rings. The first-order chi connectivity index (χ1) is 13.5. The monoisotopic (exact) mass is 422 g/mol. The van der Waals surface area contributed by atoms with Crippen LogP contribution < -0.4 is 0 Å². The van der Waals surface area contributed by atoms with E-state index in [9.17, 15) is 22.0 Å². The van der Waals surface area contributed by atoms with Gasteiger partial charge in [0.1, 0.15) is 11.6 Å². The van der Waals surface area contributed by atoms with Gasteiger partial charge in [-0.2, -0.15) is 4.31 Å². The van der Waals surface area contributed by atoms with Crippen molar-refractivity contribution >= 4 is 15.9 Å². The van der Waals surface area contributed by atoms with Crippen molar-refractivity contribution in [2.45, 2.75) is 31.1 Å². The van der Waals surface area contributed by atoms with Crippen LogP contribution in [0.25, 0.3) is 0 Å². The average molecular weight is 422 g/mol. The van der Waals surface area contributed by atoms with Crippen LogP contribution in [0.4, 0.5) is 8.78 Å². The zero-order valence-corrected chi connectivity index (χ0v) is 17.5. The SMILES string of the molecule is CC(C)(C)c1ccc(S(=O)(=O)N2CCN(C(=O)c3cc(F)cc(F)c3)CC2)cc1. The number of amides is 1. The number of sulfonamides is 1. The van der Waals surface area contributed by atoms with Gasteiger partial charge in [-0.15, -0.1) is 0 Å². The Labute approximate surface area is 170 Å². The molecule has 0 radical (unpaired) electrons. The first-order valence-electron chi connectivity index (χ1n) is 9.34. The Morgan fingerprint density at radius 2 is 1.41 bits per heavy atom. The molecule has 0 atom stereocenters. The number of carbonyl (C=O) groups excluding carboxylic acids is 1. The van der Waals surface area contributed by atoms with Crippen molar-refractivity contribution in [2.24, 2.45) is 0 Å². The van der Waals surface area contributed by atoms with Crippen molar-refractivity contribution in [3.05, 3.63) is 65.2 Å². The number of benzene rings is 2. The normalized spacial score (nSPS) is 16.1. The van der Waals surface area contributed by atoms with Gasteiger partial charge in [0, 0.05) is 37.8 Å². The largest absolute Gasteiger partial charge is 0.336 e. The second-order valence-electron chi connectivity index (χ2n) is 8.13. The summed E-state index contributed by atoms with van der Waals surface area (Å²) in [4.78, 5) is 14.1. The van der Waals surface area contributed by atoms with Crippen molar-refractivity contribution in [2.75, 3.05) is 26.2 Å². The third-order valence-corrected chi connectivity index (χ3v) is 6.91. The van der Waals surface area contributed by atoms with E-state index in [-0.39, 0.29) is 42.1 Å². The van der Waals surface area contributed by atoms with Crippen LogP contribution in [-0.2, 0) is 15.4 Å². The quantitative estimate of drug-likeness (QED) is 0.762. The summed E-state index contributed by atoms with van der Waals surface area (Å²) in [5.41, 5.74) is 0.871. The number of hydrogen-bond acceptors (Lipinski definition) is 3. The fourth-order valence-electron chi connectivity index (χ4n) is 3.27. The molecule has 0 aliphatic carbocycles. The van der Waals surface area contributed by atoms with Gasteiger partial charge >= 0.3 is 0 Å². The molecular weight excluding hydrogens is 398 g/mol. The minimum Gasteiger partial charge on any atom is -0.336 e. The summed E-state index contributed by atoms with van der Waals surface area (Å²) in [6.07, 6.45) is 0. The van der Waals surface area contributed by atoms with Gasteiger partial charge in [-0.25, -0.2) is 17.2 Å². The fourth-order valence-corrected chi connectivity index (χ4v) is 4.69. The first-order valence-corrected chi connectivity index (χ1v) is 10.8. The average Bonchev–Trinajstić information content (AvgIpc) is 2.66. The molecule has 3 rings (SSSR count). The lowest BCUT2D eigenvalue weighted by Crippen LogP contribution is -2.50. The smallest absolute Gasteiger partial charge is 0.254 e. The van der Waals surface area contributed by atoms with Gasteiger partial charge in [0.2, 0.25) is 10.0 Å². The predicted molar refractivity (Wildman–Crippen MR) is 106 cm³/mol. The van der Waals surface area contributed by atoms with Gasteiger partial charge in [0.25, 0.3) is 5.91 Å². The van der Waals surface area contributed by atoms with E-state index < -0.39 is 27.6 Å². The maximum absolute atomic E-state index is 13.4. The van der Waals surface area contributed by atoms with Crippen LogP contribution in [0.3, 0.4) is 0 Å². The van der Waals surface area contributed by atoms with E-state index in [1.165, 1.54) is 9.21 Å². The molecule has 0 spiro atoms. The Morgan fingerprint density at radius 3 is 1.90 bits per heavy atom. The maximum Gasteiger partial charge on any atom is 0.254 e. The molecule has 0 bridgehead atoms. The molecule has 2 aromatic carbocycles. The molecule has 1 heterocycles. The number of rotatable bonds is 3. The summed E-state index contributed by atoms with van der Waals surface area (Å²) in [5.74, 6) is -2.17. The Bertz CT molecular complexity index is 987. The molecule has 1 amide bonds. The standard InChI is InChI=1S/C21H24F2N2O3S/c1-21(2,3)16-4-6-19(7-5-16)29(27,28)25-10-8-24(9-11-25)20(26)15-12-17(22)14-18(23)13-15/h4-7,12-14H,8-11H2,1-3H3. The van der Waals surface area contributed by atoms with Crippen LogP contribution in [0.2, 0.25) is 0 Å². The zero-order valence-electron chi connectivity index (χ0n) is 16.7. The summed E-state index contributed by atoms with van der Waals surface area (Å²) in [7, 11) is -3.68. The summed E-state index contributed by atoms with van der Waals surface area (Å²) in [6.45, 7) is 6.69. The van der Waals surface area contributed by atoms with Crippen molar-refractivity contribution in [3.63, 3.8) is 0 Å². The highest BCUT2D eigenvalue weighted by molar-refractivity contribution is 7.89. The lowest BCUT2D eigenvalue weighted by atomic mass is 9.87. The van der Waals surface area contributed by atoms with Crippen LogP contribution in [0.15, 0.2) is 47.4 Å². The highest BCUT2D eigenvalue weighted by atomic mass is 32.2. The first kappa shape index (κ1) is 21.4. The van der Waals surface area contributed by atoms with Gasteiger partial charge in [0.05, 0.1) is 4.90 Å². The molecule has 156 valence electrons. The van der Waals surface area contributed by atoms with E-state index in [1.807, 2.05) is 12.1 Å². The van der Waals surface area contributed by atoms with E-state index in [1.54, 1.807) is 12.1 Å². The Morgan fingerprint density at radius 1 is 0.897 bits per heavy atom. The highest BCUT2D eigenvalue weighted by Gasteiger charge is 2.31. The molecule has 0 unspecified atom stereocenters. The van der Waals surface area contributed by atoms with Crippen molar-refractivity contribution < 1.29 is 22.0 Å². The summed E-state index contributed by atoms with van der Waals surface area (Å²) >= 11 is 0. The van der Waals surface area contributed by atoms with E-state index in [4.69, 9.17) is 0 Å². The van der Waals surface area contributed by atoms with Crippen molar-refractivity contribution in [3.8, 4) is 0 Å². The van der Waals surface area contributed by atoms with Crippen LogP contribution in [0.5, 0.6) is 0 Å². The molecule has 29 heavy (non-hydrogen) atoms. The minimum absolute atomic E-state index is 0.0787. The molecule has 1 fully saturated rings. The summed E-state index contributed by atoms with van der Waals surface area (Å²) in [5, 5.41) is 0.